The van der Waals surface area contributed by atoms with E-state index in [1.54, 1.807) is 11.3 Å². The molecule has 0 aliphatic heterocycles. The van der Waals surface area contributed by atoms with Crippen molar-refractivity contribution in [2.75, 3.05) is 0 Å². The van der Waals surface area contributed by atoms with Crippen LogP contribution in [0.5, 0.6) is 0 Å². The molecule has 2 N–H and O–H groups in total. The Morgan fingerprint density at radius 1 is 1.20 bits per heavy atom. The summed E-state index contributed by atoms with van der Waals surface area (Å²) in [6.45, 7) is 0.553. The summed E-state index contributed by atoms with van der Waals surface area (Å²) in [4.78, 5) is 2.50. The molecular formula is C15H16N4S. The first-order valence-electron chi connectivity index (χ1n) is 7.02. The van der Waals surface area contributed by atoms with E-state index in [2.05, 4.69) is 26.7 Å². The zero-order valence-electron chi connectivity index (χ0n) is 11.2. The maximum atomic E-state index is 5.73. The first-order chi connectivity index (χ1) is 9.86. The second-order valence-corrected chi connectivity index (χ2v) is 6.29. The Hall–Kier alpha value is -1.72. The van der Waals surface area contributed by atoms with Crippen molar-refractivity contribution in [3.05, 3.63) is 40.4 Å². The van der Waals surface area contributed by atoms with Gasteiger partial charge < -0.3 is 5.73 Å². The number of hydrogen-bond donors (Lipinski definition) is 1. The number of thiazole rings is 1. The Balaban J connectivity index is 1.93. The first-order valence-corrected chi connectivity index (χ1v) is 7.83. The van der Waals surface area contributed by atoms with Crippen LogP contribution in [0.4, 0.5) is 0 Å². The molecular weight excluding hydrogens is 268 g/mol. The summed E-state index contributed by atoms with van der Waals surface area (Å²) in [6.07, 6.45) is 4.88. The summed E-state index contributed by atoms with van der Waals surface area (Å²) in [5.41, 5.74) is 9.38. The molecule has 4 nitrogen and oxygen atoms in total. The van der Waals surface area contributed by atoms with Crippen LogP contribution in [0.1, 0.15) is 29.0 Å². The average Bonchev–Trinajstić information content (AvgIpc) is 3.06. The fourth-order valence-corrected chi connectivity index (χ4v) is 4.07. The van der Waals surface area contributed by atoms with Gasteiger partial charge in [0.1, 0.15) is 0 Å². The van der Waals surface area contributed by atoms with Gasteiger partial charge in [0.05, 0.1) is 0 Å². The molecule has 1 aliphatic carbocycles. The highest BCUT2D eigenvalue weighted by Crippen LogP contribution is 2.32. The van der Waals surface area contributed by atoms with Gasteiger partial charge in [-0.15, -0.1) is 10.2 Å². The quantitative estimate of drug-likeness (QED) is 0.787. The van der Waals surface area contributed by atoms with Crippen molar-refractivity contribution in [2.24, 2.45) is 5.73 Å². The Kier molecular flexibility index (Phi) is 2.82. The lowest BCUT2D eigenvalue weighted by molar-refractivity contribution is 0.675. The highest BCUT2D eigenvalue weighted by molar-refractivity contribution is 7.17. The molecule has 102 valence electrons. The van der Waals surface area contributed by atoms with Gasteiger partial charge in [-0.3, -0.25) is 4.40 Å². The summed E-state index contributed by atoms with van der Waals surface area (Å²) >= 11 is 1.79. The third kappa shape index (κ3) is 1.77. The van der Waals surface area contributed by atoms with E-state index in [1.165, 1.54) is 29.8 Å². The van der Waals surface area contributed by atoms with Crippen LogP contribution in [0.2, 0.25) is 0 Å². The molecule has 2 heterocycles. The molecule has 0 bridgehead atoms. The van der Waals surface area contributed by atoms with E-state index in [1.807, 2.05) is 12.1 Å². The molecule has 2 aromatic heterocycles. The summed E-state index contributed by atoms with van der Waals surface area (Å²) in [5.74, 6) is 0.953. The van der Waals surface area contributed by atoms with Gasteiger partial charge in [0.25, 0.3) is 0 Å². The summed E-state index contributed by atoms with van der Waals surface area (Å²) in [6, 6.07) is 8.29. The van der Waals surface area contributed by atoms with Gasteiger partial charge in [-0.1, -0.05) is 29.5 Å². The number of nitrogens with zero attached hydrogens (tertiary/aromatic N) is 3. The van der Waals surface area contributed by atoms with Crippen molar-refractivity contribution >= 4 is 16.3 Å². The minimum absolute atomic E-state index is 0.553. The molecule has 0 unspecified atom stereocenters. The molecule has 1 aliphatic rings. The topological polar surface area (TPSA) is 56.2 Å². The number of hydrogen-bond acceptors (Lipinski definition) is 4. The molecule has 0 saturated heterocycles. The number of fused-ring (bicyclic) bond motifs is 3. The molecule has 20 heavy (non-hydrogen) atoms. The molecule has 5 heteroatoms. The number of rotatable bonds is 2. The zero-order valence-corrected chi connectivity index (χ0v) is 12.0. The normalized spacial score (nSPS) is 14.7. The van der Waals surface area contributed by atoms with Crippen LogP contribution in [0.3, 0.4) is 0 Å². The van der Waals surface area contributed by atoms with Gasteiger partial charge in [-0.25, -0.2) is 0 Å². The molecule has 0 spiro atoms. The van der Waals surface area contributed by atoms with Crippen molar-refractivity contribution in [1.29, 1.82) is 0 Å². The molecule has 0 amide bonds. The summed E-state index contributed by atoms with van der Waals surface area (Å²) in [5, 5.41) is 8.75. The van der Waals surface area contributed by atoms with E-state index in [0.717, 1.165) is 28.3 Å². The van der Waals surface area contributed by atoms with Crippen LogP contribution < -0.4 is 5.73 Å². The van der Waals surface area contributed by atoms with Gasteiger partial charge in [0.2, 0.25) is 4.96 Å². The third-order valence-corrected chi connectivity index (χ3v) is 5.06. The maximum Gasteiger partial charge on any atom is 0.216 e. The van der Waals surface area contributed by atoms with Crippen molar-refractivity contribution in [1.82, 2.24) is 14.6 Å². The lowest BCUT2D eigenvalue weighted by Crippen LogP contribution is -2.04. The number of aromatic nitrogens is 3. The molecule has 0 atom stereocenters. The van der Waals surface area contributed by atoms with Crippen LogP contribution in [0.25, 0.3) is 16.3 Å². The second-order valence-electron chi connectivity index (χ2n) is 5.23. The smallest absolute Gasteiger partial charge is 0.216 e. The van der Waals surface area contributed by atoms with Crippen molar-refractivity contribution in [2.45, 2.75) is 32.2 Å². The Morgan fingerprint density at radius 3 is 3.00 bits per heavy atom. The van der Waals surface area contributed by atoms with E-state index < -0.39 is 0 Å². The lowest BCUT2D eigenvalue weighted by Gasteiger charge is -2.11. The largest absolute Gasteiger partial charge is 0.326 e. The van der Waals surface area contributed by atoms with Crippen molar-refractivity contribution < 1.29 is 0 Å². The molecule has 1 aromatic carbocycles. The molecule has 0 fully saturated rings. The van der Waals surface area contributed by atoms with Crippen LogP contribution in [0.15, 0.2) is 24.3 Å². The average molecular weight is 284 g/mol. The second kappa shape index (κ2) is 4.68. The molecule has 0 radical (unpaired) electrons. The van der Waals surface area contributed by atoms with Gasteiger partial charge >= 0.3 is 0 Å². The molecule has 0 saturated carbocycles. The van der Waals surface area contributed by atoms with E-state index in [0.29, 0.717) is 6.54 Å². The SMILES string of the molecule is NCc1cccc(-c2nnc3sc4c(n23)CCCC4)c1. The lowest BCUT2D eigenvalue weighted by atomic mass is 10.0. The van der Waals surface area contributed by atoms with Gasteiger partial charge in [-0.2, -0.15) is 0 Å². The number of aryl methyl sites for hydroxylation is 2. The van der Waals surface area contributed by atoms with Gasteiger partial charge in [0.15, 0.2) is 5.82 Å². The van der Waals surface area contributed by atoms with Crippen molar-refractivity contribution in [3.8, 4) is 11.4 Å². The first kappa shape index (κ1) is 12.1. The highest BCUT2D eigenvalue weighted by Gasteiger charge is 2.20. The predicted octanol–water partition coefficient (Wildman–Crippen LogP) is 2.80. The number of benzene rings is 1. The minimum atomic E-state index is 0.553. The minimum Gasteiger partial charge on any atom is -0.326 e. The van der Waals surface area contributed by atoms with Crippen LogP contribution in [0, 0.1) is 0 Å². The zero-order chi connectivity index (χ0) is 13.5. The van der Waals surface area contributed by atoms with Crippen LogP contribution >= 0.6 is 11.3 Å². The molecule has 3 aromatic rings. The van der Waals surface area contributed by atoms with Gasteiger partial charge in [0, 0.05) is 22.7 Å². The van der Waals surface area contributed by atoms with Crippen molar-refractivity contribution in [3.63, 3.8) is 0 Å². The Bertz CT molecular complexity index is 771. The predicted molar refractivity (Wildman–Crippen MR) is 80.8 cm³/mol. The van der Waals surface area contributed by atoms with E-state index in [-0.39, 0.29) is 0 Å². The van der Waals surface area contributed by atoms with Crippen LogP contribution in [-0.2, 0) is 19.4 Å². The summed E-state index contributed by atoms with van der Waals surface area (Å²) < 4.78 is 2.24. The highest BCUT2D eigenvalue weighted by atomic mass is 32.1. The van der Waals surface area contributed by atoms with E-state index in [4.69, 9.17) is 5.73 Å². The standard InChI is InChI=1S/C15H16N4S/c16-9-10-4-3-5-11(8-10)14-17-18-15-19(14)12-6-1-2-7-13(12)20-15/h3-5,8H,1-2,6-7,9,16H2. The monoisotopic (exact) mass is 284 g/mol. The number of nitrogens with two attached hydrogens (primary N) is 1. The summed E-state index contributed by atoms with van der Waals surface area (Å²) in [7, 11) is 0. The van der Waals surface area contributed by atoms with Crippen LogP contribution in [-0.4, -0.2) is 14.6 Å². The fourth-order valence-electron chi connectivity index (χ4n) is 2.92. The van der Waals surface area contributed by atoms with E-state index in [9.17, 15) is 0 Å². The Labute approximate surface area is 121 Å². The van der Waals surface area contributed by atoms with Gasteiger partial charge in [-0.05, 0) is 37.3 Å². The third-order valence-electron chi connectivity index (χ3n) is 3.93. The fraction of sp³-hybridized carbons (Fsp3) is 0.333. The maximum absolute atomic E-state index is 5.73. The Morgan fingerprint density at radius 2 is 2.10 bits per heavy atom. The van der Waals surface area contributed by atoms with E-state index >= 15 is 0 Å². The molecule has 4 rings (SSSR count).